The zero-order valence-electron chi connectivity index (χ0n) is 11.5. The van der Waals surface area contributed by atoms with Gasteiger partial charge in [0.1, 0.15) is 0 Å². The van der Waals surface area contributed by atoms with Crippen LogP contribution in [0.3, 0.4) is 0 Å². The van der Waals surface area contributed by atoms with Crippen molar-refractivity contribution in [3.8, 4) is 0 Å². The van der Waals surface area contributed by atoms with Gasteiger partial charge < -0.3 is 15.7 Å². The molecule has 3 N–H and O–H groups in total. The van der Waals surface area contributed by atoms with Crippen LogP contribution in [0.25, 0.3) is 0 Å². The second-order valence-corrected chi connectivity index (χ2v) is 6.29. The molecule has 0 saturated heterocycles. The molecule has 0 aliphatic heterocycles. The first-order chi connectivity index (χ1) is 8.48. The average molecular weight is 254 g/mol. The van der Waals surface area contributed by atoms with Crippen molar-refractivity contribution in [1.29, 1.82) is 0 Å². The molecule has 4 nitrogen and oxygen atoms in total. The molecular formula is C14H26N2O2. The number of aliphatic hydroxyl groups is 1. The van der Waals surface area contributed by atoms with Gasteiger partial charge >= 0.3 is 0 Å². The number of hydrogen-bond acceptors (Lipinski definition) is 3. The van der Waals surface area contributed by atoms with E-state index in [1.54, 1.807) is 0 Å². The minimum absolute atomic E-state index is 0.0604. The monoisotopic (exact) mass is 254 g/mol. The molecule has 2 fully saturated rings. The Morgan fingerprint density at radius 1 is 1.33 bits per heavy atom. The van der Waals surface area contributed by atoms with Crippen molar-refractivity contribution >= 4 is 5.91 Å². The maximum absolute atomic E-state index is 11.8. The van der Waals surface area contributed by atoms with Gasteiger partial charge in [0.2, 0.25) is 5.91 Å². The Morgan fingerprint density at radius 3 is 2.50 bits per heavy atom. The fourth-order valence-electron chi connectivity index (χ4n) is 2.47. The number of carbonyl (C=O) groups is 1. The molecule has 1 amide bonds. The van der Waals surface area contributed by atoms with Gasteiger partial charge in [-0.05, 0) is 51.4 Å². The first kappa shape index (κ1) is 13.8. The van der Waals surface area contributed by atoms with Crippen molar-refractivity contribution in [3.63, 3.8) is 0 Å². The summed E-state index contributed by atoms with van der Waals surface area (Å²) in [6.45, 7) is 4.63. The lowest BCUT2D eigenvalue weighted by molar-refractivity contribution is -0.123. The lowest BCUT2D eigenvalue weighted by Gasteiger charge is -2.35. The molecule has 1 unspecified atom stereocenters. The van der Waals surface area contributed by atoms with E-state index in [2.05, 4.69) is 17.6 Å². The third-order valence-electron chi connectivity index (χ3n) is 4.26. The molecule has 0 spiro atoms. The van der Waals surface area contributed by atoms with Crippen LogP contribution in [0.4, 0.5) is 0 Å². The maximum Gasteiger partial charge on any atom is 0.237 e. The Bertz CT molecular complexity index is 294. The van der Waals surface area contributed by atoms with E-state index in [1.807, 2.05) is 6.92 Å². The summed E-state index contributed by atoms with van der Waals surface area (Å²) in [6, 6.07) is 0.189. The second kappa shape index (κ2) is 5.57. The number of nitrogens with one attached hydrogen (secondary N) is 2. The van der Waals surface area contributed by atoms with E-state index in [1.165, 1.54) is 0 Å². The summed E-state index contributed by atoms with van der Waals surface area (Å²) < 4.78 is 0. The van der Waals surface area contributed by atoms with Crippen LogP contribution in [0.2, 0.25) is 0 Å². The highest BCUT2D eigenvalue weighted by atomic mass is 16.3. The van der Waals surface area contributed by atoms with Crippen molar-refractivity contribution in [2.45, 2.75) is 70.1 Å². The molecule has 4 heteroatoms. The number of amides is 1. The lowest BCUT2D eigenvalue weighted by Crippen LogP contribution is -2.50. The highest BCUT2D eigenvalue weighted by molar-refractivity contribution is 5.81. The third kappa shape index (κ3) is 3.95. The summed E-state index contributed by atoms with van der Waals surface area (Å²) in [6.07, 6.45) is 6.08. The summed E-state index contributed by atoms with van der Waals surface area (Å²) in [5, 5.41) is 16.6. The Kier molecular flexibility index (Phi) is 4.28. The van der Waals surface area contributed by atoms with Crippen molar-refractivity contribution in [1.82, 2.24) is 10.6 Å². The quantitative estimate of drug-likeness (QED) is 0.690. The van der Waals surface area contributed by atoms with Gasteiger partial charge in [0, 0.05) is 12.6 Å². The highest BCUT2D eigenvalue weighted by Crippen LogP contribution is 2.31. The molecule has 18 heavy (non-hydrogen) atoms. The molecule has 0 bridgehead atoms. The molecule has 1 atom stereocenters. The lowest BCUT2D eigenvalue weighted by atomic mass is 9.79. The van der Waals surface area contributed by atoms with Gasteiger partial charge in [0.05, 0.1) is 11.6 Å². The van der Waals surface area contributed by atoms with E-state index in [0.717, 1.165) is 44.4 Å². The van der Waals surface area contributed by atoms with E-state index in [9.17, 15) is 9.90 Å². The molecule has 2 aliphatic rings. The zero-order chi connectivity index (χ0) is 13.2. The summed E-state index contributed by atoms with van der Waals surface area (Å²) in [5.41, 5.74) is -0.610. The van der Waals surface area contributed by atoms with E-state index in [0.29, 0.717) is 12.6 Å². The number of carbonyl (C=O) groups excluding carboxylic acids is 1. The van der Waals surface area contributed by atoms with Crippen LogP contribution in [0, 0.1) is 5.92 Å². The normalized spacial score (nSPS) is 34.1. The van der Waals surface area contributed by atoms with Gasteiger partial charge in [-0.25, -0.2) is 0 Å². The van der Waals surface area contributed by atoms with Crippen LogP contribution in [-0.2, 0) is 4.79 Å². The van der Waals surface area contributed by atoms with Crippen molar-refractivity contribution in [2.24, 2.45) is 5.92 Å². The highest BCUT2D eigenvalue weighted by Gasteiger charge is 2.33. The molecule has 0 aromatic rings. The summed E-state index contributed by atoms with van der Waals surface area (Å²) in [7, 11) is 0. The molecular weight excluding hydrogens is 228 g/mol. The zero-order valence-corrected chi connectivity index (χ0v) is 11.5. The largest absolute Gasteiger partial charge is 0.389 e. The van der Waals surface area contributed by atoms with Crippen LogP contribution in [0.5, 0.6) is 0 Å². The van der Waals surface area contributed by atoms with Gasteiger partial charge in [0.15, 0.2) is 0 Å². The Morgan fingerprint density at radius 2 is 1.94 bits per heavy atom. The van der Waals surface area contributed by atoms with E-state index >= 15 is 0 Å². The van der Waals surface area contributed by atoms with Crippen LogP contribution in [0.15, 0.2) is 0 Å². The van der Waals surface area contributed by atoms with Gasteiger partial charge in [-0.15, -0.1) is 0 Å². The van der Waals surface area contributed by atoms with Gasteiger partial charge in [-0.3, -0.25) is 4.79 Å². The fourth-order valence-corrected chi connectivity index (χ4v) is 2.47. The first-order valence-electron chi connectivity index (χ1n) is 7.25. The molecule has 0 heterocycles. The smallest absolute Gasteiger partial charge is 0.237 e. The molecule has 104 valence electrons. The predicted octanol–water partition coefficient (Wildman–Crippen LogP) is 1.18. The standard InChI is InChI=1S/C14H26N2O2/c1-10-5-7-14(18,8-6-10)9-15-11(2)13(17)16-12-3-4-12/h10-12,15,18H,3-9H2,1-2H3,(H,16,17). The van der Waals surface area contributed by atoms with Crippen LogP contribution >= 0.6 is 0 Å². The van der Waals surface area contributed by atoms with Crippen LogP contribution < -0.4 is 10.6 Å². The minimum Gasteiger partial charge on any atom is -0.389 e. The Labute approximate surface area is 110 Å². The van der Waals surface area contributed by atoms with Gasteiger partial charge in [-0.2, -0.15) is 0 Å². The topological polar surface area (TPSA) is 61.4 Å². The van der Waals surface area contributed by atoms with Crippen molar-refractivity contribution in [3.05, 3.63) is 0 Å². The van der Waals surface area contributed by atoms with Crippen molar-refractivity contribution < 1.29 is 9.90 Å². The average Bonchev–Trinajstić information content (AvgIpc) is 3.14. The van der Waals surface area contributed by atoms with E-state index in [-0.39, 0.29) is 11.9 Å². The van der Waals surface area contributed by atoms with Gasteiger partial charge in [0.25, 0.3) is 0 Å². The number of rotatable bonds is 5. The molecule has 2 rings (SSSR count). The third-order valence-corrected chi connectivity index (χ3v) is 4.26. The Hall–Kier alpha value is -0.610. The van der Waals surface area contributed by atoms with Crippen LogP contribution in [-0.4, -0.2) is 35.2 Å². The molecule has 0 aromatic carbocycles. The predicted molar refractivity (Wildman–Crippen MR) is 71.2 cm³/mol. The molecule has 2 saturated carbocycles. The molecule has 2 aliphatic carbocycles. The van der Waals surface area contributed by atoms with Crippen molar-refractivity contribution in [2.75, 3.05) is 6.54 Å². The summed E-state index contributed by atoms with van der Waals surface area (Å²) >= 11 is 0. The van der Waals surface area contributed by atoms with E-state index < -0.39 is 5.60 Å². The second-order valence-electron chi connectivity index (χ2n) is 6.29. The molecule has 0 radical (unpaired) electrons. The van der Waals surface area contributed by atoms with Crippen LogP contribution in [0.1, 0.15) is 52.4 Å². The SMILES string of the molecule is CC1CCC(O)(CNC(C)C(=O)NC2CC2)CC1. The number of hydrogen-bond donors (Lipinski definition) is 3. The maximum atomic E-state index is 11.8. The molecule has 0 aromatic heterocycles. The van der Waals surface area contributed by atoms with Gasteiger partial charge in [-0.1, -0.05) is 6.92 Å². The summed E-state index contributed by atoms with van der Waals surface area (Å²) in [4.78, 5) is 11.8. The minimum atomic E-state index is -0.610. The van der Waals surface area contributed by atoms with E-state index in [4.69, 9.17) is 0 Å². The fraction of sp³-hybridized carbons (Fsp3) is 0.929. The Balaban J connectivity index is 1.70. The summed E-state index contributed by atoms with van der Waals surface area (Å²) in [5.74, 6) is 0.783. The first-order valence-corrected chi connectivity index (χ1v) is 7.25.